The van der Waals surface area contributed by atoms with Crippen molar-refractivity contribution in [3.63, 3.8) is 0 Å². The molecule has 0 aromatic heterocycles. The molecule has 0 fully saturated rings. The van der Waals surface area contributed by atoms with E-state index in [2.05, 4.69) is 41.7 Å². The molecule has 0 bridgehead atoms. The first kappa shape index (κ1) is 13.0. The van der Waals surface area contributed by atoms with Gasteiger partial charge in [-0.25, -0.2) is 4.79 Å². The number of allylic oxidation sites excluding steroid dienone is 3. The van der Waals surface area contributed by atoms with Crippen molar-refractivity contribution >= 4 is 11.7 Å². The molecule has 0 saturated heterocycles. The number of alkyl carbamates (subject to hydrolysis) is 1. The molecular formula is C17H19NO2. The molecule has 3 nitrogen and oxygen atoms in total. The fourth-order valence-corrected chi connectivity index (χ4v) is 3.08. The van der Waals surface area contributed by atoms with Crippen LogP contribution in [0.1, 0.15) is 36.8 Å². The zero-order valence-electron chi connectivity index (χ0n) is 11.7. The Morgan fingerprint density at radius 3 is 3.10 bits per heavy atom. The Morgan fingerprint density at radius 2 is 2.25 bits per heavy atom. The van der Waals surface area contributed by atoms with E-state index in [1.807, 2.05) is 6.92 Å². The minimum Gasteiger partial charge on any atom is -0.449 e. The van der Waals surface area contributed by atoms with Crippen molar-refractivity contribution in [1.82, 2.24) is 5.32 Å². The third-order valence-electron chi connectivity index (χ3n) is 3.95. The number of fused-ring (bicyclic) bond motifs is 2. The maximum atomic E-state index is 11.5. The van der Waals surface area contributed by atoms with Crippen LogP contribution >= 0.6 is 0 Å². The number of hydrogen-bond donors (Lipinski definition) is 1. The van der Waals surface area contributed by atoms with Crippen LogP contribution in [-0.2, 0) is 4.74 Å². The molecule has 0 radical (unpaired) electrons. The Hall–Kier alpha value is -2.03. The van der Waals surface area contributed by atoms with E-state index in [0.29, 0.717) is 13.2 Å². The van der Waals surface area contributed by atoms with Crippen molar-refractivity contribution in [2.24, 2.45) is 0 Å². The molecule has 0 aliphatic heterocycles. The summed E-state index contributed by atoms with van der Waals surface area (Å²) in [5.74, 6) is 0.181. The highest BCUT2D eigenvalue weighted by Gasteiger charge is 2.31. The summed E-state index contributed by atoms with van der Waals surface area (Å²) in [6.07, 6.45) is 6.25. The van der Waals surface area contributed by atoms with E-state index in [1.54, 1.807) is 0 Å². The highest BCUT2D eigenvalue weighted by molar-refractivity contribution is 5.81. The lowest BCUT2D eigenvalue weighted by Crippen LogP contribution is -2.25. The van der Waals surface area contributed by atoms with Gasteiger partial charge in [-0.3, -0.25) is 0 Å². The molecule has 3 rings (SSSR count). The molecule has 1 unspecified atom stereocenters. The maximum absolute atomic E-state index is 11.5. The fourth-order valence-electron chi connectivity index (χ4n) is 3.08. The topological polar surface area (TPSA) is 38.3 Å². The Balaban J connectivity index is 1.84. The summed E-state index contributed by atoms with van der Waals surface area (Å²) in [5, 5.41) is 2.67. The highest BCUT2D eigenvalue weighted by atomic mass is 16.5. The molecule has 1 aromatic carbocycles. The van der Waals surface area contributed by atoms with Gasteiger partial charge in [0.15, 0.2) is 0 Å². The van der Waals surface area contributed by atoms with Gasteiger partial charge in [0.25, 0.3) is 0 Å². The fraction of sp³-hybridized carbons (Fsp3) is 0.353. The van der Waals surface area contributed by atoms with Crippen molar-refractivity contribution in [1.29, 1.82) is 0 Å². The summed E-state index contributed by atoms with van der Waals surface area (Å²) >= 11 is 0. The number of benzene rings is 1. The Bertz CT molecular complexity index is 586. The van der Waals surface area contributed by atoms with Crippen molar-refractivity contribution < 1.29 is 9.53 Å². The standard InChI is InChI=1S/C17H19NO2/c1-2-18-17(19)20-11-16-14-9-5-3-7-12(14)13-8-4-6-10-15(13)16/h3,5-7,9-10,16H,2,4,8,11H2,1H3,(H,18,19). The van der Waals surface area contributed by atoms with Gasteiger partial charge in [-0.05, 0) is 42.0 Å². The molecule has 1 atom stereocenters. The molecule has 2 aliphatic carbocycles. The molecule has 104 valence electrons. The first-order valence-corrected chi connectivity index (χ1v) is 7.20. The summed E-state index contributed by atoms with van der Waals surface area (Å²) in [7, 11) is 0. The third-order valence-corrected chi connectivity index (χ3v) is 3.95. The molecule has 0 saturated carbocycles. The van der Waals surface area contributed by atoms with Gasteiger partial charge in [0.2, 0.25) is 0 Å². The van der Waals surface area contributed by atoms with Gasteiger partial charge >= 0.3 is 6.09 Å². The molecule has 3 heteroatoms. The average Bonchev–Trinajstić information content (AvgIpc) is 2.80. The second-order valence-electron chi connectivity index (χ2n) is 5.14. The van der Waals surface area contributed by atoms with Gasteiger partial charge in [0, 0.05) is 12.5 Å². The van der Waals surface area contributed by atoms with Crippen LogP contribution in [0, 0.1) is 0 Å². The summed E-state index contributed by atoms with van der Waals surface area (Å²) in [6, 6.07) is 8.46. The Labute approximate surface area is 119 Å². The van der Waals surface area contributed by atoms with Crippen LogP contribution in [0.25, 0.3) is 5.57 Å². The largest absolute Gasteiger partial charge is 0.449 e. The number of hydrogen-bond acceptors (Lipinski definition) is 2. The lowest BCUT2D eigenvalue weighted by Gasteiger charge is -2.16. The second-order valence-corrected chi connectivity index (χ2v) is 5.14. The zero-order chi connectivity index (χ0) is 13.9. The second kappa shape index (κ2) is 5.53. The summed E-state index contributed by atoms with van der Waals surface area (Å²) in [6.45, 7) is 2.89. The van der Waals surface area contributed by atoms with Gasteiger partial charge in [0.1, 0.15) is 6.61 Å². The normalized spacial score (nSPS) is 19.6. The first-order chi connectivity index (χ1) is 9.81. The molecule has 0 spiro atoms. The van der Waals surface area contributed by atoms with Crippen LogP contribution in [0.3, 0.4) is 0 Å². The SMILES string of the molecule is CCNC(=O)OCC1C2=C(CCC=C2)c2ccccc21. The van der Waals surface area contributed by atoms with Crippen LogP contribution in [0.5, 0.6) is 0 Å². The maximum Gasteiger partial charge on any atom is 0.407 e. The van der Waals surface area contributed by atoms with Crippen LogP contribution in [-0.4, -0.2) is 19.2 Å². The lowest BCUT2D eigenvalue weighted by atomic mass is 9.93. The Kier molecular flexibility index (Phi) is 3.59. The van der Waals surface area contributed by atoms with E-state index in [0.717, 1.165) is 12.8 Å². The van der Waals surface area contributed by atoms with Gasteiger partial charge in [0.05, 0.1) is 0 Å². The van der Waals surface area contributed by atoms with Gasteiger partial charge in [-0.2, -0.15) is 0 Å². The minimum absolute atomic E-state index is 0.181. The van der Waals surface area contributed by atoms with Crippen LogP contribution < -0.4 is 5.32 Å². The van der Waals surface area contributed by atoms with E-state index in [4.69, 9.17) is 4.74 Å². The molecule has 0 heterocycles. The quantitative estimate of drug-likeness (QED) is 0.910. The Morgan fingerprint density at radius 1 is 1.40 bits per heavy atom. The van der Waals surface area contributed by atoms with Crippen LogP contribution in [0.4, 0.5) is 4.79 Å². The van der Waals surface area contributed by atoms with E-state index in [9.17, 15) is 4.79 Å². The average molecular weight is 269 g/mol. The van der Waals surface area contributed by atoms with Gasteiger partial charge in [-0.15, -0.1) is 0 Å². The van der Waals surface area contributed by atoms with Crippen LogP contribution in [0.2, 0.25) is 0 Å². The van der Waals surface area contributed by atoms with Crippen molar-refractivity contribution in [3.8, 4) is 0 Å². The first-order valence-electron chi connectivity index (χ1n) is 7.20. The molecule has 2 aliphatic rings. The third kappa shape index (κ3) is 2.24. The molecular weight excluding hydrogens is 250 g/mol. The van der Waals surface area contributed by atoms with Gasteiger partial charge in [-0.1, -0.05) is 36.4 Å². The summed E-state index contributed by atoms with van der Waals surface area (Å²) in [4.78, 5) is 11.5. The predicted octanol–water partition coefficient (Wildman–Crippen LogP) is 3.63. The number of amides is 1. The summed E-state index contributed by atoms with van der Waals surface area (Å²) < 4.78 is 5.35. The van der Waals surface area contributed by atoms with E-state index < -0.39 is 0 Å². The molecule has 1 amide bonds. The number of carbonyl (C=O) groups is 1. The highest BCUT2D eigenvalue weighted by Crippen LogP contribution is 2.46. The van der Waals surface area contributed by atoms with E-state index in [-0.39, 0.29) is 12.0 Å². The molecule has 1 N–H and O–H groups in total. The van der Waals surface area contributed by atoms with Crippen molar-refractivity contribution in [2.75, 3.05) is 13.2 Å². The van der Waals surface area contributed by atoms with Crippen molar-refractivity contribution in [2.45, 2.75) is 25.7 Å². The van der Waals surface area contributed by atoms with E-state index >= 15 is 0 Å². The number of carbonyl (C=O) groups excluding carboxylic acids is 1. The number of ether oxygens (including phenoxy) is 1. The molecule has 20 heavy (non-hydrogen) atoms. The van der Waals surface area contributed by atoms with Crippen molar-refractivity contribution in [3.05, 3.63) is 53.1 Å². The number of nitrogens with one attached hydrogen (secondary N) is 1. The monoisotopic (exact) mass is 269 g/mol. The minimum atomic E-state index is -0.334. The summed E-state index contributed by atoms with van der Waals surface area (Å²) in [5.41, 5.74) is 5.36. The number of rotatable bonds is 3. The lowest BCUT2D eigenvalue weighted by molar-refractivity contribution is 0.143. The molecule has 1 aromatic rings. The zero-order valence-corrected chi connectivity index (χ0v) is 11.7. The predicted molar refractivity (Wildman–Crippen MR) is 79.5 cm³/mol. The van der Waals surface area contributed by atoms with E-state index in [1.165, 1.54) is 22.3 Å². The smallest absolute Gasteiger partial charge is 0.407 e. The van der Waals surface area contributed by atoms with Gasteiger partial charge < -0.3 is 10.1 Å². The van der Waals surface area contributed by atoms with Crippen LogP contribution in [0.15, 0.2) is 42.0 Å².